The summed E-state index contributed by atoms with van der Waals surface area (Å²) in [7, 11) is 0. The summed E-state index contributed by atoms with van der Waals surface area (Å²) in [6.45, 7) is 3.88. The normalized spacial score (nSPS) is 14.1. The van der Waals surface area contributed by atoms with Gasteiger partial charge < -0.3 is 4.90 Å². The van der Waals surface area contributed by atoms with Gasteiger partial charge >= 0.3 is 0 Å². The van der Waals surface area contributed by atoms with E-state index >= 15 is 0 Å². The number of unbranched alkanes of at least 4 members (excludes halogenated alkanes) is 4. The van der Waals surface area contributed by atoms with Crippen molar-refractivity contribution in [3.8, 4) is 0 Å². The highest BCUT2D eigenvalue weighted by atomic mass is 79.9. The van der Waals surface area contributed by atoms with Crippen LogP contribution in [0.5, 0.6) is 0 Å². The summed E-state index contributed by atoms with van der Waals surface area (Å²) < 4.78 is 1.06. The van der Waals surface area contributed by atoms with E-state index in [1.54, 1.807) is 0 Å². The van der Waals surface area contributed by atoms with Crippen LogP contribution >= 0.6 is 15.9 Å². The van der Waals surface area contributed by atoms with Crippen molar-refractivity contribution >= 4 is 21.8 Å². The van der Waals surface area contributed by atoms with Gasteiger partial charge in [0.1, 0.15) is 0 Å². The van der Waals surface area contributed by atoms with E-state index in [4.69, 9.17) is 0 Å². The number of hydrogen-bond acceptors (Lipinski definition) is 1. The van der Waals surface area contributed by atoms with Crippen LogP contribution in [0.2, 0.25) is 0 Å². The Labute approximate surface area is 117 Å². The number of carbonyl (C=O) groups is 1. The second-order valence-electron chi connectivity index (χ2n) is 4.91. The molecule has 1 aliphatic rings. The third-order valence-corrected chi connectivity index (χ3v) is 4.26. The van der Waals surface area contributed by atoms with Crippen LogP contribution in [0.1, 0.15) is 54.9 Å². The number of hydrogen-bond donors (Lipinski definition) is 0. The SMILES string of the molecule is CCCCCCCN1Cc2c(Br)cccc2C1=O. The molecule has 0 spiro atoms. The average Bonchev–Trinajstić information content (AvgIpc) is 2.69. The van der Waals surface area contributed by atoms with Gasteiger partial charge in [-0.15, -0.1) is 0 Å². The van der Waals surface area contributed by atoms with Crippen molar-refractivity contribution in [1.82, 2.24) is 4.90 Å². The lowest BCUT2D eigenvalue weighted by atomic mass is 10.1. The summed E-state index contributed by atoms with van der Waals surface area (Å²) in [5.74, 6) is 0.196. The van der Waals surface area contributed by atoms with Crippen molar-refractivity contribution in [3.63, 3.8) is 0 Å². The fourth-order valence-electron chi connectivity index (χ4n) is 2.44. The van der Waals surface area contributed by atoms with E-state index in [9.17, 15) is 4.79 Å². The maximum absolute atomic E-state index is 12.2. The van der Waals surface area contributed by atoms with E-state index in [0.717, 1.165) is 35.1 Å². The minimum atomic E-state index is 0.196. The molecule has 1 aromatic carbocycles. The molecule has 0 radical (unpaired) electrons. The highest BCUT2D eigenvalue weighted by Crippen LogP contribution is 2.29. The van der Waals surface area contributed by atoms with Gasteiger partial charge in [0.25, 0.3) is 5.91 Å². The lowest BCUT2D eigenvalue weighted by Crippen LogP contribution is -2.24. The van der Waals surface area contributed by atoms with Gasteiger partial charge in [0.05, 0.1) is 0 Å². The molecular formula is C15H20BrNO. The summed E-state index contributed by atoms with van der Waals surface area (Å²) >= 11 is 3.53. The molecule has 1 aromatic rings. The predicted octanol–water partition coefficient (Wildman–Crippen LogP) is 4.38. The van der Waals surface area contributed by atoms with E-state index in [-0.39, 0.29) is 5.91 Å². The Balaban J connectivity index is 1.87. The number of nitrogens with zero attached hydrogens (tertiary/aromatic N) is 1. The third-order valence-electron chi connectivity index (χ3n) is 3.52. The Hall–Kier alpha value is -0.830. The summed E-state index contributed by atoms with van der Waals surface area (Å²) in [5.41, 5.74) is 2.02. The zero-order valence-electron chi connectivity index (χ0n) is 10.9. The zero-order chi connectivity index (χ0) is 13.0. The first kappa shape index (κ1) is 13.6. The topological polar surface area (TPSA) is 20.3 Å². The Morgan fingerprint density at radius 2 is 2.00 bits per heavy atom. The maximum atomic E-state index is 12.2. The van der Waals surface area contributed by atoms with Gasteiger partial charge in [-0.25, -0.2) is 0 Å². The number of fused-ring (bicyclic) bond motifs is 1. The molecule has 98 valence electrons. The Bertz CT molecular complexity index is 431. The van der Waals surface area contributed by atoms with E-state index in [2.05, 4.69) is 22.9 Å². The minimum absolute atomic E-state index is 0.196. The van der Waals surface area contributed by atoms with Crippen molar-refractivity contribution in [3.05, 3.63) is 33.8 Å². The molecule has 1 amide bonds. The van der Waals surface area contributed by atoms with E-state index in [0.29, 0.717) is 0 Å². The van der Waals surface area contributed by atoms with Crippen LogP contribution in [0, 0.1) is 0 Å². The van der Waals surface area contributed by atoms with Crippen molar-refractivity contribution < 1.29 is 4.79 Å². The average molecular weight is 310 g/mol. The summed E-state index contributed by atoms with van der Waals surface area (Å²) in [6, 6.07) is 5.88. The van der Waals surface area contributed by atoms with Crippen molar-refractivity contribution in [1.29, 1.82) is 0 Å². The largest absolute Gasteiger partial charge is 0.334 e. The smallest absolute Gasteiger partial charge is 0.254 e. The Kier molecular flexibility index (Phi) is 4.81. The van der Waals surface area contributed by atoms with Crippen molar-refractivity contribution in [2.24, 2.45) is 0 Å². The fourth-order valence-corrected chi connectivity index (χ4v) is 2.93. The standard InChI is InChI=1S/C15H20BrNO/c1-2-3-4-5-6-10-17-11-13-12(15(17)18)8-7-9-14(13)16/h7-9H,2-6,10-11H2,1H3. The first-order valence-corrected chi connectivity index (χ1v) is 7.60. The maximum Gasteiger partial charge on any atom is 0.254 e. The second kappa shape index (κ2) is 6.37. The molecule has 0 unspecified atom stereocenters. The Morgan fingerprint density at radius 3 is 2.72 bits per heavy atom. The van der Waals surface area contributed by atoms with Crippen LogP contribution in [-0.2, 0) is 6.54 Å². The molecule has 0 aromatic heterocycles. The minimum Gasteiger partial charge on any atom is -0.334 e. The van der Waals surface area contributed by atoms with Crippen LogP contribution in [-0.4, -0.2) is 17.4 Å². The molecule has 1 heterocycles. The number of halogens is 1. The summed E-state index contributed by atoms with van der Waals surface area (Å²) in [4.78, 5) is 14.1. The van der Waals surface area contributed by atoms with Crippen molar-refractivity contribution in [2.45, 2.75) is 45.6 Å². The van der Waals surface area contributed by atoms with Gasteiger partial charge in [0, 0.05) is 23.1 Å². The predicted molar refractivity (Wildman–Crippen MR) is 77.6 cm³/mol. The van der Waals surface area contributed by atoms with Crippen LogP contribution in [0.25, 0.3) is 0 Å². The zero-order valence-corrected chi connectivity index (χ0v) is 12.5. The lowest BCUT2D eigenvalue weighted by Gasteiger charge is -2.15. The molecule has 0 aliphatic carbocycles. The first-order chi connectivity index (χ1) is 8.74. The van der Waals surface area contributed by atoms with Gasteiger partial charge in [0.2, 0.25) is 0 Å². The Morgan fingerprint density at radius 1 is 1.22 bits per heavy atom. The lowest BCUT2D eigenvalue weighted by molar-refractivity contribution is 0.0775. The molecule has 18 heavy (non-hydrogen) atoms. The quantitative estimate of drug-likeness (QED) is 0.714. The molecule has 0 saturated heterocycles. The number of rotatable bonds is 6. The number of amides is 1. The van der Waals surface area contributed by atoms with Crippen LogP contribution in [0.4, 0.5) is 0 Å². The molecule has 2 rings (SSSR count). The highest BCUT2D eigenvalue weighted by Gasteiger charge is 2.27. The molecule has 0 fully saturated rings. The van der Waals surface area contributed by atoms with Gasteiger partial charge in [-0.1, -0.05) is 54.6 Å². The molecule has 2 nitrogen and oxygen atoms in total. The fraction of sp³-hybridized carbons (Fsp3) is 0.533. The van der Waals surface area contributed by atoms with Gasteiger partial charge in [0.15, 0.2) is 0 Å². The van der Waals surface area contributed by atoms with E-state index < -0.39 is 0 Å². The van der Waals surface area contributed by atoms with Gasteiger partial charge in [-0.2, -0.15) is 0 Å². The molecule has 0 bridgehead atoms. The second-order valence-corrected chi connectivity index (χ2v) is 5.76. The van der Waals surface area contributed by atoms with E-state index in [1.807, 2.05) is 23.1 Å². The number of carbonyl (C=O) groups excluding carboxylic acids is 1. The molecular weight excluding hydrogens is 290 g/mol. The van der Waals surface area contributed by atoms with E-state index in [1.165, 1.54) is 25.7 Å². The van der Waals surface area contributed by atoms with Crippen molar-refractivity contribution in [2.75, 3.05) is 6.54 Å². The highest BCUT2D eigenvalue weighted by molar-refractivity contribution is 9.10. The molecule has 0 saturated carbocycles. The molecule has 0 atom stereocenters. The molecule has 0 N–H and O–H groups in total. The van der Waals surface area contributed by atoms with Crippen LogP contribution in [0.3, 0.4) is 0 Å². The monoisotopic (exact) mass is 309 g/mol. The molecule has 1 aliphatic heterocycles. The third kappa shape index (κ3) is 2.94. The van der Waals surface area contributed by atoms with Crippen LogP contribution in [0.15, 0.2) is 22.7 Å². The molecule has 3 heteroatoms. The summed E-state index contributed by atoms with van der Waals surface area (Å²) in [5, 5.41) is 0. The van der Waals surface area contributed by atoms with Gasteiger partial charge in [-0.05, 0) is 24.1 Å². The summed E-state index contributed by atoms with van der Waals surface area (Å²) in [6.07, 6.45) is 6.21. The first-order valence-electron chi connectivity index (χ1n) is 6.80. The number of benzene rings is 1. The van der Waals surface area contributed by atoms with Crippen LogP contribution < -0.4 is 0 Å². The van der Waals surface area contributed by atoms with Gasteiger partial charge in [-0.3, -0.25) is 4.79 Å².